The molecule has 6 nitrogen and oxygen atoms in total. The smallest absolute Gasteiger partial charge is 0.217 e. The van der Waals surface area contributed by atoms with Crippen LogP contribution in [0, 0.1) is 5.82 Å². The van der Waals surface area contributed by atoms with Gasteiger partial charge in [-0.15, -0.1) is 0 Å². The summed E-state index contributed by atoms with van der Waals surface area (Å²) in [6.45, 7) is 3.14. The first-order chi connectivity index (χ1) is 12.8. The quantitative estimate of drug-likeness (QED) is 0.519. The molecule has 1 atom stereocenters. The van der Waals surface area contributed by atoms with Crippen molar-refractivity contribution in [2.75, 3.05) is 0 Å². The third-order valence-corrected chi connectivity index (χ3v) is 5.56. The van der Waals surface area contributed by atoms with Gasteiger partial charge >= 0.3 is 0 Å². The van der Waals surface area contributed by atoms with Crippen LogP contribution in [0.3, 0.4) is 0 Å². The molecule has 0 fully saturated rings. The molecule has 1 N–H and O–H groups in total. The Kier molecular flexibility index (Phi) is 4.32. The number of halogens is 2. The molecule has 0 aliphatic rings. The van der Waals surface area contributed by atoms with Crippen LogP contribution in [0.4, 0.5) is 4.39 Å². The van der Waals surface area contributed by atoms with Crippen LogP contribution in [0.5, 0.6) is 0 Å². The Morgan fingerprint density at radius 1 is 1.33 bits per heavy atom. The van der Waals surface area contributed by atoms with E-state index in [1.54, 1.807) is 25.4 Å². The average molecular weight is 404 g/mol. The first kappa shape index (κ1) is 17.8. The first-order valence-corrected chi connectivity index (χ1v) is 9.38. The van der Waals surface area contributed by atoms with E-state index in [2.05, 4.69) is 15.3 Å². The van der Waals surface area contributed by atoms with Crippen molar-refractivity contribution in [3.05, 3.63) is 41.1 Å². The fourth-order valence-corrected chi connectivity index (χ4v) is 4.27. The molecule has 0 aliphatic heterocycles. The number of aryl methyl sites for hydroxylation is 1. The van der Waals surface area contributed by atoms with Gasteiger partial charge in [0.15, 0.2) is 5.15 Å². The number of amides is 1. The van der Waals surface area contributed by atoms with Crippen molar-refractivity contribution in [2.24, 2.45) is 7.05 Å². The molecule has 4 aromatic rings. The van der Waals surface area contributed by atoms with Crippen molar-refractivity contribution < 1.29 is 9.18 Å². The van der Waals surface area contributed by atoms with E-state index in [4.69, 9.17) is 16.6 Å². The Morgan fingerprint density at radius 2 is 2.11 bits per heavy atom. The van der Waals surface area contributed by atoms with Crippen molar-refractivity contribution in [3.63, 3.8) is 0 Å². The third kappa shape index (κ3) is 3.04. The Morgan fingerprint density at radius 3 is 2.85 bits per heavy atom. The monoisotopic (exact) mass is 403 g/mol. The van der Waals surface area contributed by atoms with Gasteiger partial charge in [-0.05, 0) is 25.1 Å². The van der Waals surface area contributed by atoms with Crippen molar-refractivity contribution >= 4 is 50.2 Å². The highest BCUT2D eigenvalue weighted by atomic mass is 35.5. The molecule has 0 saturated heterocycles. The minimum Gasteiger partial charge on any atom is -0.350 e. The van der Waals surface area contributed by atoms with Crippen molar-refractivity contribution in [1.29, 1.82) is 0 Å². The van der Waals surface area contributed by atoms with E-state index in [1.165, 1.54) is 24.3 Å². The number of hydrogen-bond donors (Lipinski definition) is 1. The number of pyridine rings is 1. The molecule has 1 unspecified atom stereocenters. The number of carbonyl (C=O) groups excluding carboxylic acids is 1. The maximum absolute atomic E-state index is 14.3. The van der Waals surface area contributed by atoms with E-state index in [0.717, 1.165) is 11.1 Å². The van der Waals surface area contributed by atoms with Crippen LogP contribution < -0.4 is 5.32 Å². The second-order valence-electron chi connectivity index (χ2n) is 6.29. The summed E-state index contributed by atoms with van der Waals surface area (Å²) < 4.78 is 16.1. The molecular weight excluding hydrogens is 389 g/mol. The number of nitrogens with zero attached hydrogens (tertiary/aromatic N) is 4. The van der Waals surface area contributed by atoms with Crippen LogP contribution in [0.25, 0.3) is 32.0 Å². The number of fused-ring (bicyclic) bond motifs is 3. The topological polar surface area (TPSA) is 72.7 Å². The minimum absolute atomic E-state index is 0.218. The highest BCUT2D eigenvalue weighted by molar-refractivity contribution is 7.21. The van der Waals surface area contributed by atoms with Gasteiger partial charge in [-0.3, -0.25) is 4.79 Å². The predicted molar refractivity (Wildman–Crippen MR) is 104 cm³/mol. The van der Waals surface area contributed by atoms with Gasteiger partial charge in [0.1, 0.15) is 32.2 Å². The summed E-state index contributed by atoms with van der Waals surface area (Å²) >= 11 is 7.62. The largest absolute Gasteiger partial charge is 0.350 e. The average Bonchev–Trinajstić information content (AvgIpc) is 3.18. The number of thiazole rings is 1. The molecule has 138 valence electrons. The van der Waals surface area contributed by atoms with Crippen LogP contribution in [-0.4, -0.2) is 25.4 Å². The molecule has 27 heavy (non-hydrogen) atoms. The van der Waals surface area contributed by atoms with Crippen molar-refractivity contribution in [2.45, 2.75) is 19.9 Å². The lowest BCUT2D eigenvalue weighted by atomic mass is 10.0. The zero-order chi connectivity index (χ0) is 19.3. The molecule has 0 saturated carbocycles. The van der Waals surface area contributed by atoms with Gasteiger partial charge < -0.3 is 9.88 Å². The molecule has 1 aromatic carbocycles. The summed E-state index contributed by atoms with van der Waals surface area (Å²) in [7, 11) is 1.87. The molecule has 0 spiro atoms. The molecular formula is C18H15ClFN5OS. The Hall–Kier alpha value is -2.58. The number of benzene rings is 1. The maximum Gasteiger partial charge on any atom is 0.217 e. The van der Waals surface area contributed by atoms with Crippen molar-refractivity contribution in [1.82, 2.24) is 24.8 Å². The second-order valence-corrected chi connectivity index (χ2v) is 7.62. The third-order valence-electron chi connectivity index (χ3n) is 4.29. The molecule has 0 bridgehead atoms. The number of aromatic nitrogens is 4. The summed E-state index contributed by atoms with van der Waals surface area (Å²) in [6.07, 6.45) is 1.67. The Labute approximate surface area is 163 Å². The van der Waals surface area contributed by atoms with E-state index >= 15 is 0 Å². The zero-order valence-corrected chi connectivity index (χ0v) is 16.3. The van der Waals surface area contributed by atoms with Gasteiger partial charge in [0.05, 0.1) is 12.4 Å². The van der Waals surface area contributed by atoms with E-state index < -0.39 is 6.04 Å². The molecule has 0 aliphatic carbocycles. The Balaban J connectivity index is 1.86. The van der Waals surface area contributed by atoms with E-state index in [1.807, 2.05) is 11.6 Å². The number of rotatable bonds is 3. The molecule has 4 rings (SSSR count). The van der Waals surface area contributed by atoms with Gasteiger partial charge in [0, 0.05) is 25.1 Å². The van der Waals surface area contributed by atoms with Crippen LogP contribution >= 0.6 is 22.9 Å². The first-order valence-electron chi connectivity index (χ1n) is 8.19. The van der Waals surface area contributed by atoms with Gasteiger partial charge in [0.25, 0.3) is 0 Å². The Bertz CT molecular complexity index is 1200. The zero-order valence-electron chi connectivity index (χ0n) is 14.7. The lowest BCUT2D eigenvalue weighted by Gasteiger charge is -2.14. The normalized spacial score (nSPS) is 12.6. The van der Waals surface area contributed by atoms with E-state index in [0.29, 0.717) is 31.6 Å². The lowest BCUT2D eigenvalue weighted by molar-refractivity contribution is -0.119. The van der Waals surface area contributed by atoms with Crippen LogP contribution in [-0.2, 0) is 11.8 Å². The molecule has 3 aromatic heterocycles. The lowest BCUT2D eigenvalue weighted by Crippen LogP contribution is -2.24. The molecule has 1 amide bonds. The molecule has 9 heteroatoms. The van der Waals surface area contributed by atoms with Crippen LogP contribution in [0.2, 0.25) is 5.15 Å². The summed E-state index contributed by atoms with van der Waals surface area (Å²) in [5.41, 5.74) is 3.26. The van der Waals surface area contributed by atoms with Crippen LogP contribution in [0.15, 0.2) is 24.5 Å². The summed E-state index contributed by atoms with van der Waals surface area (Å²) in [5, 5.41) is 3.72. The maximum atomic E-state index is 14.3. The van der Waals surface area contributed by atoms with E-state index in [9.17, 15) is 9.18 Å². The van der Waals surface area contributed by atoms with Crippen molar-refractivity contribution in [3.8, 4) is 10.6 Å². The second kappa shape index (κ2) is 6.54. The SMILES string of the molecule is CC(=O)NC(C)c1cc(-c2nc3c(nc(Cl)c4ncn(C)c43)s2)ccc1F. The number of imidazole rings is 1. The minimum atomic E-state index is -0.451. The predicted octanol–water partition coefficient (Wildman–Crippen LogP) is 4.23. The van der Waals surface area contributed by atoms with Crippen LogP contribution in [0.1, 0.15) is 25.5 Å². The van der Waals surface area contributed by atoms with Gasteiger partial charge in [-0.2, -0.15) is 0 Å². The van der Waals surface area contributed by atoms with Gasteiger partial charge in [0.2, 0.25) is 5.91 Å². The number of nitrogens with one attached hydrogen (secondary N) is 1. The highest BCUT2D eigenvalue weighted by Crippen LogP contribution is 2.36. The summed E-state index contributed by atoms with van der Waals surface area (Å²) in [4.78, 5) is 25.4. The summed E-state index contributed by atoms with van der Waals surface area (Å²) in [5.74, 6) is -0.596. The van der Waals surface area contributed by atoms with Gasteiger partial charge in [-0.25, -0.2) is 19.3 Å². The number of carbonyl (C=O) groups is 1. The fourth-order valence-electron chi connectivity index (χ4n) is 3.06. The van der Waals surface area contributed by atoms with Gasteiger partial charge in [-0.1, -0.05) is 22.9 Å². The van der Waals surface area contributed by atoms with E-state index in [-0.39, 0.29) is 11.7 Å². The highest BCUT2D eigenvalue weighted by Gasteiger charge is 2.18. The molecule has 0 radical (unpaired) electrons. The fraction of sp³-hybridized carbons (Fsp3) is 0.222. The number of hydrogen-bond acceptors (Lipinski definition) is 5. The summed E-state index contributed by atoms with van der Waals surface area (Å²) in [6, 6.07) is 4.30. The molecule has 3 heterocycles. The standard InChI is InChI=1S/C18H15ClFN5OS/c1-8(22-9(2)26)11-6-10(4-5-12(11)20)17-23-14-15-13(21-7-25(15)3)16(19)24-18(14)27-17/h4-8H,1-3H3,(H,22,26).